The summed E-state index contributed by atoms with van der Waals surface area (Å²) < 4.78 is 6.05. The van der Waals surface area contributed by atoms with Crippen LogP contribution in [0.5, 0.6) is 0 Å². The van der Waals surface area contributed by atoms with Crippen LogP contribution >= 0.6 is 23.2 Å². The van der Waals surface area contributed by atoms with Crippen molar-refractivity contribution in [3.63, 3.8) is 0 Å². The summed E-state index contributed by atoms with van der Waals surface area (Å²) in [7, 11) is 0. The number of amides is 3. The molecule has 2 aliphatic rings. The molecule has 9 nitrogen and oxygen atoms in total. The Morgan fingerprint density at radius 1 is 0.897 bits per heavy atom. The minimum atomic E-state index is -2.53. The van der Waals surface area contributed by atoms with Crippen LogP contribution in [0.2, 0.25) is 10.0 Å². The Bertz CT molecular complexity index is 1540. The van der Waals surface area contributed by atoms with Gasteiger partial charge in [0.2, 0.25) is 23.1 Å². The highest BCUT2D eigenvalue weighted by atomic mass is 35.5. The number of carboxylic acid groups (broad SMARTS) is 1. The van der Waals surface area contributed by atoms with Gasteiger partial charge in [0.25, 0.3) is 0 Å². The molecule has 0 unspecified atom stereocenters. The fraction of sp³-hybridized carbons (Fsp3) is 0.179. The van der Waals surface area contributed by atoms with E-state index in [0.29, 0.717) is 5.69 Å². The molecule has 1 aliphatic carbocycles. The van der Waals surface area contributed by atoms with Gasteiger partial charge in [-0.25, -0.2) is 4.79 Å². The van der Waals surface area contributed by atoms with E-state index in [1.807, 2.05) is 13.0 Å². The average molecular weight is 567 g/mol. The predicted molar refractivity (Wildman–Crippen MR) is 141 cm³/mol. The predicted octanol–water partition coefficient (Wildman–Crippen LogP) is 4.86. The number of imide groups is 1. The number of aryl methyl sites for hydroxylation is 1. The SMILES string of the molecule is Cc1cccc(NC(=O)NC(=O)[C@H]2[C@@H](C(=O)O)C3(O[C@H]2c2ccc(Cl)c(Cl)c2)C(=O)c2ccccc2C3=O)c1. The maximum Gasteiger partial charge on any atom is 0.325 e. The third-order valence-electron chi connectivity index (χ3n) is 6.88. The normalized spacial score (nSPS) is 21.1. The largest absolute Gasteiger partial charge is 0.481 e. The van der Waals surface area contributed by atoms with E-state index >= 15 is 0 Å². The highest BCUT2D eigenvalue weighted by molar-refractivity contribution is 6.42. The van der Waals surface area contributed by atoms with E-state index < -0.39 is 53.0 Å². The number of hydrogen-bond acceptors (Lipinski definition) is 6. The molecule has 3 N–H and O–H groups in total. The van der Waals surface area contributed by atoms with Gasteiger partial charge in [-0.3, -0.25) is 24.5 Å². The molecule has 39 heavy (non-hydrogen) atoms. The van der Waals surface area contributed by atoms with Gasteiger partial charge in [0.05, 0.1) is 22.1 Å². The molecule has 0 saturated carbocycles. The summed E-state index contributed by atoms with van der Waals surface area (Å²) in [5.41, 5.74) is -1.11. The smallest absolute Gasteiger partial charge is 0.325 e. The molecular weight excluding hydrogens is 547 g/mol. The number of halogens is 2. The second-order valence-electron chi connectivity index (χ2n) is 9.31. The number of carbonyl (C=O) groups excluding carboxylic acids is 4. The Morgan fingerprint density at radius 2 is 1.56 bits per heavy atom. The molecule has 0 bridgehead atoms. The zero-order chi connectivity index (χ0) is 28.1. The van der Waals surface area contributed by atoms with Crippen LogP contribution in [-0.4, -0.2) is 40.2 Å². The van der Waals surface area contributed by atoms with E-state index in [0.717, 1.165) is 5.56 Å². The van der Waals surface area contributed by atoms with Gasteiger partial charge in [-0.05, 0) is 42.3 Å². The summed E-state index contributed by atoms with van der Waals surface area (Å²) in [4.78, 5) is 66.3. The Labute approximate surface area is 232 Å². The quantitative estimate of drug-likeness (QED) is 0.383. The number of aliphatic carboxylic acids is 1. The van der Waals surface area contributed by atoms with Gasteiger partial charge < -0.3 is 15.2 Å². The van der Waals surface area contributed by atoms with Crippen LogP contribution in [0.25, 0.3) is 0 Å². The second-order valence-corrected chi connectivity index (χ2v) is 10.1. The lowest BCUT2D eigenvalue weighted by Gasteiger charge is -2.25. The van der Waals surface area contributed by atoms with Gasteiger partial charge in [-0.15, -0.1) is 0 Å². The van der Waals surface area contributed by atoms with E-state index in [1.165, 1.54) is 42.5 Å². The minimum absolute atomic E-state index is 0.0140. The monoisotopic (exact) mass is 566 g/mol. The van der Waals surface area contributed by atoms with Crippen molar-refractivity contribution in [2.24, 2.45) is 11.8 Å². The number of hydrogen-bond donors (Lipinski definition) is 3. The molecule has 1 fully saturated rings. The van der Waals surface area contributed by atoms with Gasteiger partial charge in [0.15, 0.2) is 0 Å². The number of ether oxygens (including phenoxy) is 1. The van der Waals surface area contributed by atoms with Crippen LogP contribution in [0.3, 0.4) is 0 Å². The molecule has 5 rings (SSSR count). The Balaban J connectivity index is 1.57. The van der Waals surface area contributed by atoms with Crippen molar-refractivity contribution in [2.45, 2.75) is 18.6 Å². The first-order valence-corrected chi connectivity index (χ1v) is 12.5. The molecule has 0 radical (unpaired) electrons. The number of fused-ring (bicyclic) bond motifs is 1. The van der Waals surface area contributed by atoms with Crippen LogP contribution in [0, 0.1) is 18.8 Å². The molecule has 11 heteroatoms. The van der Waals surface area contributed by atoms with Crippen molar-refractivity contribution in [2.75, 3.05) is 5.32 Å². The molecule has 1 heterocycles. The summed E-state index contributed by atoms with van der Waals surface area (Å²) >= 11 is 12.2. The number of carbonyl (C=O) groups is 5. The van der Waals surface area contributed by atoms with Crippen molar-refractivity contribution in [1.82, 2.24) is 5.32 Å². The van der Waals surface area contributed by atoms with Crippen LogP contribution in [0.4, 0.5) is 10.5 Å². The number of rotatable bonds is 4. The lowest BCUT2D eigenvalue weighted by atomic mass is 9.75. The standard InChI is InChI=1S/C28H20Cl2N2O7/c1-13-5-4-6-15(11-13)31-27(38)32-25(35)20-21(26(36)37)28(23(33)16-7-2-3-8-17(16)24(28)34)39-22(20)14-9-10-18(29)19(30)12-14/h2-12,20-22H,1H3,(H,36,37)(H2,31,32,35,38)/t20-,21-,22-/m0/s1. The Hall–Kier alpha value is -4.05. The third-order valence-corrected chi connectivity index (χ3v) is 7.62. The Morgan fingerprint density at radius 3 is 2.15 bits per heavy atom. The molecule has 0 aromatic heterocycles. The fourth-order valence-corrected chi connectivity index (χ4v) is 5.51. The van der Waals surface area contributed by atoms with Crippen molar-refractivity contribution in [1.29, 1.82) is 0 Å². The number of urea groups is 1. The lowest BCUT2D eigenvalue weighted by Crippen LogP contribution is -2.53. The number of nitrogens with one attached hydrogen (secondary N) is 2. The third kappa shape index (κ3) is 4.38. The molecule has 3 amide bonds. The van der Waals surface area contributed by atoms with E-state index in [9.17, 15) is 29.1 Å². The lowest BCUT2D eigenvalue weighted by molar-refractivity contribution is -0.148. The highest BCUT2D eigenvalue weighted by Crippen LogP contribution is 2.54. The first-order valence-electron chi connectivity index (χ1n) is 11.8. The van der Waals surface area contributed by atoms with E-state index in [4.69, 9.17) is 27.9 Å². The van der Waals surface area contributed by atoms with Gasteiger partial charge in [-0.1, -0.05) is 65.7 Å². The Kier molecular flexibility index (Phi) is 6.76. The molecule has 198 valence electrons. The number of Topliss-reactive ketones (excluding diaryl/α,β-unsaturated/α-hetero) is 2. The summed E-state index contributed by atoms with van der Waals surface area (Å²) in [5.74, 6) is -8.06. The van der Waals surface area contributed by atoms with Crippen LogP contribution in [0.1, 0.15) is 37.9 Å². The molecule has 1 spiro atoms. The first-order chi connectivity index (χ1) is 18.5. The summed E-state index contributed by atoms with van der Waals surface area (Å²) in [5, 5.41) is 15.2. The number of carboxylic acids is 1. The molecule has 1 saturated heterocycles. The van der Waals surface area contributed by atoms with Crippen molar-refractivity contribution in [3.05, 3.63) is 99.0 Å². The van der Waals surface area contributed by atoms with Gasteiger partial charge in [-0.2, -0.15) is 0 Å². The summed E-state index contributed by atoms with van der Waals surface area (Å²) in [6.45, 7) is 1.82. The first kappa shape index (κ1) is 26.6. The average Bonchev–Trinajstić information content (AvgIpc) is 3.36. The zero-order valence-electron chi connectivity index (χ0n) is 20.2. The highest BCUT2D eigenvalue weighted by Gasteiger charge is 2.71. The van der Waals surface area contributed by atoms with Crippen molar-refractivity contribution < 1.29 is 33.8 Å². The molecule has 3 aromatic carbocycles. The second kappa shape index (κ2) is 9.92. The number of anilines is 1. The molecular formula is C28H20Cl2N2O7. The van der Waals surface area contributed by atoms with Crippen LogP contribution in [0.15, 0.2) is 66.7 Å². The minimum Gasteiger partial charge on any atom is -0.481 e. The summed E-state index contributed by atoms with van der Waals surface area (Å²) in [6, 6.07) is 15.9. The van der Waals surface area contributed by atoms with E-state index in [1.54, 1.807) is 18.2 Å². The fourth-order valence-electron chi connectivity index (χ4n) is 5.21. The maximum absolute atomic E-state index is 13.6. The zero-order valence-corrected chi connectivity index (χ0v) is 21.7. The van der Waals surface area contributed by atoms with Crippen molar-refractivity contribution in [3.8, 4) is 0 Å². The number of benzene rings is 3. The van der Waals surface area contributed by atoms with Crippen LogP contribution in [-0.2, 0) is 14.3 Å². The van der Waals surface area contributed by atoms with Gasteiger partial charge >= 0.3 is 12.0 Å². The van der Waals surface area contributed by atoms with Crippen molar-refractivity contribution >= 4 is 58.4 Å². The topological polar surface area (TPSA) is 139 Å². The van der Waals surface area contributed by atoms with Gasteiger partial charge in [0.1, 0.15) is 5.92 Å². The summed E-state index contributed by atoms with van der Waals surface area (Å²) in [6.07, 6.45) is -1.44. The number of ketones is 2. The maximum atomic E-state index is 13.6. The van der Waals surface area contributed by atoms with Gasteiger partial charge in [0, 0.05) is 16.8 Å². The van der Waals surface area contributed by atoms with E-state index in [-0.39, 0.29) is 26.7 Å². The van der Waals surface area contributed by atoms with Crippen LogP contribution < -0.4 is 10.6 Å². The molecule has 1 aliphatic heterocycles. The molecule has 3 atom stereocenters. The van der Waals surface area contributed by atoms with E-state index in [2.05, 4.69) is 10.6 Å². The molecule has 3 aromatic rings.